The van der Waals surface area contributed by atoms with Crippen molar-refractivity contribution in [1.29, 1.82) is 0 Å². The minimum Gasteiger partial charge on any atom is -0.467 e. The summed E-state index contributed by atoms with van der Waals surface area (Å²) in [6.45, 7) is 0.969. The molecule has 1 aromatic rings. The highest BCUT2D eigenvalue weighted by Gasteiger charge is 2.41. The molecule has 0 radical (unpaired) electrons. The van der Waals surface area contributed by atoms with Gasteiger partial charge in [0.05, 0.1) is 25.5 Å². The van der Waals surface area contributed by atoms with Gasteiger partial charge in [0.15, 0.2) is 0 Å². The first kappa shape index (κ1) is 13.6. The highest BCUT2D eigenvalue weighted by Crippen LogP contribution is 2.35. The van der Waals surface area contributed by atoms with E-state index in [0.29, 0.717) is 25.2 Å². The number of hydrogen-bond donors (Lipinski definition) is 1. The van der Waals surface area contributed by atoms with Crippen LogP contribution in [0.4, 0.5) is 0 Å². The van der Waals surface area contributed by atoms with Crippen LogP contribution in [0.15, 0.2) is 22.8 Å². The van der Waals surface area contributed by atoms with E-state index in [1.807, 2.05) is 19.2 Å². The Morgan fingerprint density at radius 3 is 2.75 bits per heavy atom. The number of rotatable bonds is 4. The molecule has 2 saturated heterocycles. The average molecular weight is 278 g/mol. The number of hydrogen-bond acceptors (Lipinski definition) is 4. The molecule has 0 aliphatic carbocycles. The van der Waals surface area contributed by atoms with Crippen LogP contribution in [-0.4, -0.2) is 52.6 Å². The molecule has 1 aromatic heterocycles. The van der Waals surface area contributed by atoms with Gasteiger partial charge in [-0.05, 0) is 37.8 Å². The van der Waals surface area contributed by atoms with Gasteiger partial charge in [-0.25, -0.2) is 0 Å². The number of carbonyl (C=O) groups excluding carboxylic acids is 1. The van der Waals surface area contributed by atoms with Crippen LogP contribution < -0.4 is 0 Å². The Morgan fingerprint density at radius 2 is 2.15 bits per heavy atom. The molecule has 0 saturated carbocycles. The molecule has 2 aliphatic heterocycles. The van der Waals surface area contributed by atoms with Gasteiger partial charge >= 0.3 is 0 Å². The first-order valence-corrected chi connectivity index (χ1v) is 7.33. The van der Waals surface area contributed by atoms with E-state index in [1.165, 1.54) is 0 Å². The second-order valence-electron chi connectivity index (χ2n) is 6.01. The number of furan rings is 1. The Balaban J connectivity index is 1.56. The van der Waals surface area contributed by atoms with E-state index in [4.69, 9.17) is 4.42 Å². The largest absolute Gasteiger partial charge is 0.467 e. The molecule has 0 spiro atoms. The van der Waals surface area contributed by atoms with Crippen LogP contribution in [0.3, 0.4) is 0 Å². The molecule has 3 heterocycles. The summed E-state index contributed by atoms with van der Waals surface area (Å²) in [5.41, 5.74) is 0. The van der Waals surface area contributed by atoms with E-state index in [1.54, 1.807) is 11.2 Å². The normalized spacial score (nSPS) is 29.6. The zero-order valence-electron chi connectivity index (χ0n) is 11.9. The van der Waals surface area contributed by atoms with Gasteiger partial charge in [0, 0.05) is 19.1 Å². The van der Waals surface area contributed by atoms with Gasteiger partial charge in [-0.2, -0.15) is 0 Å². The molecular formula is C15H22N2O3. The minimum absolute atomic E-state index is 0.120. The van der Waals surface area contributed by atoms with Gasteiger partial charge in [0.25, 0.3) is 0 Å². The van der Waals surface area contributed by atoms with Crippen molar-refractivity contribution in [3.05, 3.63) is 24.2 Å². The second kappa shape index (κ2) is 5.58. The molecule has 110 valence electrons. The predicted molar refractivity (Wildman–Crippen MR) is 73.9 cm³/mol. The van der Waals surface area contributed by atoms with Crippen LogP contribution in [0.2, 0.25) is 0 Å². The monoisotopic (exact) mass is 278 g/mol. The fourth-order valence-electron chi connectivity index (χ4n) is 3.50. The average Bonchev–Trinajstić information content (AvgIpc) is 2.98. The summed E-state index contributed by atoms with van der Waals surface area (Å²) in [4.78, 5) is 16.3. The molecule has 2 bridgehead atoms. The number of amides is 1. The molecule has 0 aromatic carbocycles. The van der Waals surface area contributed by atoms with E-state index >= 15 is 0 Å². The lowest BCUT2D eigenvalue weighted by molar-refractivity contribution is -0.133. The third-order valence-corrected chi connectivity index (χ3v) is 4.58. The maximum Gasteiger partial charge on any atom is 0.236 e. The Kier molecular flexibility index (Phi) is 3.81. The van der Waals surface area contributed by atoms with Crippen LogP contribution in [0.5, 0.6) is 0 Å². The van der Waals surface area contributed by atoms with Crippen LogP contribution >= 0.6 is 0 Å². The Hall–Kier alpha value is -1.33. The summed E-state index contributed by atoms with van der Waals surface area (Å²) in [6, 6.07) is 4.47. The van der Waals surface area contributed by atoms with Crippen molar-refractivity contribution >= 4 is 5.91 Å². The van der Waals surface area contributed by atoms with E-state index in [9.17, 15) is 9.90 Å². The summed E-state index contributed by atoms with van der Waals surface area (Å²) < 4.78 is 5.27. The molecule has 5 nitrogen and oxygen atoms in total. The fraction of sp³-hybridized carbons (Fsp3) is 0.667. The molecule has 3 rings (SSSR count). The van der Waals surface area contributed by atoms with Crippen molar-refractivity contribution in [3.8, 4) is 0 Å². The molecular weight excluding hydrogens is 256 g/mol. The Labute approximate surface area is 119 Å². The number of piperidine rings is 1. The van der Waals surface area contributed by atoms with Gasteiger partial charge in [-0.1, -0.05) is 0 Å². The summed E-state index contributed by atoms with van der Waals surface area (Å²) >= 11 is 0. The zero-order valence-corrected chi connectivity index (χ0v) is 11.9. The van der Waals surface area contributed by atoms with Crippen LogP contribution in [0.25, 0.3) is 0 Å². The number of fused-ring (bicyclic) bond motifs is 2. The standard InChI is InChI=1S/C15H22N2O3/c1-16(9-14-3-2-6-20-14)15(19)10-17-11-4-5-12(17)8-13(18)7-11/h2-3,6,11-13,18H,4-5,7-10H2,1H3. The van der Waals surface area contributed by atoms with Crippen LogP contribution in [0, 0.1) is 0 Å². The van der Waals surface area contributed by atoms with Gasteiger partial charge < -0.3 is 14.4 Å². The SMILES string of the molecule is CN(Cc1ccco1)C(=O)CN1C2CCC1CC(O)C2. The second-order valence-corrected chi connectivity index (χ2v) is 6.01. The van der Waals surface area contributed by atoms with Crippen molar-refractivity contribution in [2.24, 2.45) is 0 Å². The van der Waals surface area contributed by atoms with Gasteiger partial charge in [0.2, 0.25) is 5.91 Å². The van der Waals surface area contributed by atoms with Crippen molar-refractivity contribution < 1.29 is 14.3 Å². The highest BCUT2D eigenvalue weighted by molar-refractivity contribution is 5.78. The lowest BCUT2D eigenvalue weighted by atomic mass is 10.00. The molecule has 1 N–H and O–H groups in total. The lowest BCUT2D eigenvalue weighted by Gasteiger charge is -2.37. The first-order chi connectivity index (χ1) is 9.63. The third kappa shape index (κ3) is 2.74. The maximum atomic E-state index is 12.3. The smallest absolute Gasteiger partial charge is 0.236 e. The summed E-state index contributed by atoms with van der Waals surface area (Å²) in [5, 5.41) is 9.79. The van der Waals surface area contributed by atoms with E-state index in [-0.39, 0.29) is 12.0 Å². The minimum atomic E-state index is -0.181. The number of nitrogens with zero attached hydrogens (tertiary/aromatic N) is 2. The molecule has 2 unspecified atom stereocenters. The molecule has 2 aliphatic rings. The maximum absolute atomic E-state index is 12.3. The molecule has 1 amide bonds. The number of carbonyl (C=O) groups is 1. The first-order valence-electron chi connectivity index (χ1n) is 7.33. The van der Waals surface area contributed by atoms with Crippen molar-refractivity contribution in [3.63, 3.8) is 0 Å². The van der Waals surface area contributed by atoms with E-state index in [0.717, 1.165) is 31.4 Å². The van der Waals surface area contributed by atoms with Crippen molar-refractivity contribution in [1.82, 2.24) is 9.80 Å². The molecule has 5 heteroatoms. The molecule has 2 atom stereocenters. The highest BCUT2D eigenvalue weighted by atomic mass is 16.3. The van der Waals surface area contributed by atoms with Gasteiger partial charge in [-0.3, -0.25) is 9.69 Å². The van der Waals surface area contributed by atoms with Gasteiger partial charge in [-0.15, -0.1) is 0 Å². The van der Waals surface area contributed by atoms with Crippen molar-refractivity contribution in [2.45, 2.75) is 50.4 Å². The zero-order chi connectivity index (χ0) is 14.1. The number of aliphatic hydroxyl groups is 1. The topological polar surface area (TPSA) is 56.9 Å². The van der Waals surface area contributed by atoms with Crippen LogP contribution in [0.1, 0.15) is 31.4 Å². The van der Waals surface area contributed by atoms with E-state index < -0.39 is 0 Å². The summed E-state index contributed by atoms with van der Waals surface area (Å²) in [7, 11) is 1.81. The Bertz CT molecular complexity index is 446. The number of likely N-dealkylation sites (N-methyl/N-ethyl adjacent to an activating group) is 1. The van der Waals surface area contributed by atoms with Crippen molar-refractivity contribution in [2.75, 3.05) is 13.6 Å². The Morgan fingerprint density at radius 1 is 1.45 bits per heavy atom. The molecule has 2 fully saturated rings. The van der Waals surface area contributed by atoms with Crippen LogP contribution in [-0.2, 0) is 11.3 Å². The fourth-order valence-corrected chi connectivity index (χ4v) is 3.50. The summed E-state index contributed by atoms with van der Waals surface area (Å²) in [6.07, 6.45) is 5.28. The number of aliphatic hydroxyl groups excluding tert-OH is 1. The van der Waals surface area contributed by atoms with E-state index in [2.05, 4.69) is 4.90 Å². The quantitative estimate of drug-likeness (QED) is 0.900. The predicted octanol–water partition coefficient (Wildman–Crippen LogP) is 1.23. The lowest BCUT2D eigenvalue weighted by Crippen LogP contribution is -2.49. The third-order valence-electron chi connectivity index (χ3n) is 4.58. The summed E-state index contributed by atoms with van der Waals surface area (Å²) in [5.74, 6) is 0.924. The van der Waals surface area contributed by atoms with Gasteiger partial charge in [0.1, 0.15) is 5.76 Å². The molecule has 20 heavy (non-hydrogen) atoms.